The third-order valence-electron chi connectivity index (χ3n) is 4.64. The van der Waals surface area contributed by atoms with Crippen LogP contribution in [0.3, 0.4) is 0 Å². The van der Waals surface area contributed by atoms with E-state index in [-0.39, 0.29) is 17.5 Å². The van der Waals surface area contributed by atoms with Crippen molar-refractivity contribution in [1.29, 1.82) is 0 Å². The first kappa shape index (κ1) is 18.2. The summed E-state index contributed by atoms with van der Waals surface area (Å²) in [7, 11) is 1.60. The number of aromatic nitrogens is 6. The van der Waals surface area contributed by atoms with Gasteiger partial charge in [0.15, 0.2) is 0 Å². The fraction of sp³-hybridized carbons (Fsp3) is 0.389. The number of hydrogen-bond donors (Lipinski definition) is 0. The van der Waals surface area contributed by atoms with E-state index in [9.17, 15) is 8.78 Å². The Labute approximate surface area is 159 Å². The smallest absolute Gasteiger partial charge is 0.335 e. The third-order valence-corrected chi connectivity index (χ3v) is 4.64. The molecule has 0 aliphatic heterocycles. The Morgan fingerprint density at radius 2 is 2.07 bits per heavy atom. The Morgan fingerprint density at radius 1 is 1.21 bits per heavy atom. The first-order valence-corrected chi connectivity index (χ1v) is 8.72. The lowest BCUT2D eigenvalue weighted by Gasteiger charge is -2.11. The number of aryl methyl sites for hydroxylation is 1. The average Bonchev–Trinajstić information content (AvgIpc) is 3.31. The number of alkyl halides is 2. The zero-order valence-electron chi connectivity index (χ0n) is 15.3. The fourth-order valence-corrected chi connectivity index (χ4v) is 3.03. The Hall–Kier alpha value is -3.17. The predicted octanol–water partition coefficient (Wildman–Crippen LogP) is 3.02. The van der Waals surface area contributed by atoms with Crippen LogP contribution in [0, 0.1) is 12.8 Å². The Morgan fingerprint density at radius 3 is 2.79 bits per heavy atom. The molecule has 0 saturated heterocycles. The largest absolute Gasteiger partial charge is 0.495 e. The quantitative estimate of drug-likeness (QED) is 0.615. The van der Waals surface area contributed by atoms with E-state index in [1.54, 1.807) is 20.2 Å². The minimum absolute atomic E-state index is 0.106. The van der Waals surface area contributed by atoms with Crippen LogP contribution in [0.25, 0.3) is 11.3 Å². The monoisotopic (exact) mass is 388 g/mol. The van der Waals surface area contributed by atoms with Crippen molar-refractivity contribution in [3.63, 3.8) is 0 Å². The predicted molar refractivity (Wildman–Crippen MR) is 94.2 cm³/mol. The minimum Gasteiger partial charge on any atom is -0.495 e. The summed E-state index contributed by atoms with van der Waals surface area (Å²) < 4.78 is 37.8. The Kier molecular flexibility index (Phi) is 4.84. The number of nitrogens with zero attached hydrogens (tertiary/aromatic N) is 6. The molecule has 1 saturated carbocycles. The molecule has 1 aliphatic rings. The molecule has 0 spiro atoms. The first-order valence-electron chi connectivity index (χ1n) is 8.72. The zero-order chi connectivity index (χ0) is 19.7. The molecule has 10 heteroatoms. The normalized spacial score (nSPS) is 18.3. The molecule has 0 amide bonds. The molecule has 146 valence electrons. The van der Waals surface area contributed by atoms with Gasteiger partial charge in [-0.1, -0.05) is 5.21 Å². The van der Waals surface area contributed by atoms with Crippen molar-refractivity contribution >= 4 is 0 Å². The van der Waals surface area contributed by atoms with Crippen LogP contribution >= 0.6 is 0 Å². The van der Waals surface area contributed by atoms with Crippen molar-refractivity contribution in [2.75, 3.05) is 13.7 Å². The first-order chi connectivity index (χ1) is 13.6. The molecule has 2 atom stereocenters. The molecule has 3 aromatic rings. The molecular weight excluding hydrogens is 370 g/mol. The maximum atomic E-state index is 13.1. The highest BCUT2D eigenvalue weighted by molar-refractivity contribution is 5.63. The van der Waals surface area contributed by atoms with Gasteiger partial charge < -0.3 is 9.47 Å². The molecular formula is C18H18F2N6O2. The van der Waals surface area contributed by atoms with E-state index >= 15 is 0 Å². The standard InChI is InChI=1S/C18H18F2N6O2/c1-10-21-7-14(16-8-23-25-26(16)18(19)20)17(24-10)28-9-11-5-13(11)15-4-3-12(27-2)6-22-15/h3-4,6-8,11,13,18H,5,9H2,1-2H3/t11-,13+/m1/s1. The molecule has 0 unspecified atom stereocenters. The van der Waals surface area contributed by atoms with E-state index in [0.717, 1.165) is 12.1 Å². The van der Waals surface area contributed by atoms with Crippen molar-refractivity contribution in [1.82, 2.24) is 29.9 Å². The van der Waals surface area contributed by atoms with Crippen LogP contribution < -0.4 is 9.47 Å². The fourth-order valence-electron chi connectivity index (χ4n) is 3.03. The van der Waals surface area contributed by atoms with Crippen LogP contribution in [-0.4, -0.2) is 43.7 Å². The number of methoxy groups -OCH3 is 1. The third kappa shape index (κ3) is 3.62. The number of halogens is 2. The summed E-state index contributed by atoms with van der Waals surface area (Å²) in [5.74, 6) is 2.01. The van der Waals surface area contributed by atoms with E-state index < -0.39 is 6.55 Å². The molecule has 0 bridgehead atoms. The average molecular weight is 388 g/mol. The number of pyridine rings is 1. The lowest BCUT2D eigenvalue weighted by molar-refractivity contribution is 0.0564. The lowest BCUT2D eigenvalue weighted by atomic mass is 10.2. The van der Waals surface area contributed by atoms with Crippen LogP contribution in [0.5, 0.6) is 11.6 Å². The molecule has 0 radical (unpaired) electrons. The second-order valence-corrected chi connectivity index (χ2v) is 6.51. The van der Waals surface area contributed by atoms with Gasteiger partial charge in [-0.05, 0) is 25.5 Å². The number of ether oxygens (including phenoxy) is 2. The molecule has 3 aromatic heterocycles. The van der Waals surface area contributed by atoms with E-state index in [1.807, 2.05) is 12.1 Å². The van der Waals surface area contributed by atoms with E-state index in [2.05, 4.69) is 25.3 Å². The SMILES string of the molecule is COc1ccc([C@H]2C[C@@H]2COc2nc(C)ncc2-c2cnnn2C(F)F)nc1. The highest BCUT2D eigenvalue weighted by Gasteiger charge is 2.40. The molecule has 8 nitrogen and oxygen atoms in total. The minimum atomic E-state index is -2.82. The summed E-state index contributed by atoms with van der Waals surface area (Å²) in [4.78, 5) is 12.8. The van der Waals surface area contributed by atoms with E-state index in [1.165, 1.54) is 12.4 Å². The van der Waals surface area contributed by atoms with Crippen LogP contribution in [0.1, 0.15) is 30.4 Å². The van der Waals surface area contributed by atoms with Crippen LogP contribution in [0.2, 0.25) is 0 Å². The molecule has 28 heavy (non-hydrogen) atoms. The Bertz CT molecular complexity index is 963. The second kappa shape index (κ2) is 7.45. The van der Waals surface area contributed by atoms with Crippen molar-refractivity contribution in [3.05, 3.63) is 42.2 Å². The van der Waals surface area contributed by atoms with Gasteiger partial charge in [-0.15, -0.1) is 5.10 Å². The van der Waals surface area contributed by atoms with Gasteiger partial charge in [0.25, 0.3) is 0 Å². The highest BCUT2D eigenvalue weighted by Crippen LogP contribution is 2.47. The summed E-state index contributed by atoms with van der Waals surface area (Å²) in [6, 6.07) is 3.82. The molecule has 1 aliphatic carbocycles. The summed E-state index contributed by atoms with van der Waals surface area (Å²) in [6.45, 7) is -0.709. The second-order valence-electron chi connectivity index (χ2n) is 6.51. The van der Waals surface area contributed by atoms with Gasteiger partial charge in [-0.3, -0.25) is 4.98 Å². The van der Waals surface area contributed by atoms with Crippen LogP contribution in [0.15, 0.2) is 30.7 Å². The van der Waals surface area contributed by atoms with Crippen LogP contribution in [-0.2, 0) is 0 Å². The van der Waals surface area contributed by atoms with Crippen molar-refractivity contribution in [2.45, 2.75) is 25.8 Å². The highest BCUT2D eigenvalue weighted by atomic mass is 19.3. The zero-order valence-corrected chi connectivity index (χ0v) is 15.3. The van der Waals surface area contributed by atoms with Gasteiger partial charge in [0.1, 0.15) is 17.3 Å². The van der Waals surface area contributed by atoms with Crippen molar-refractivity contribution < 1.29 is 18.3 Å². The van der Waals surface area contributed by atoms with Gasteiger partial charge in [-0.2, -0.15) is 18.4 Å². The molecule has 3 heterocycles. The molecule has 1 fully saturated rings. The summed E-state index contributed by atoms with van der Waals surface area (Å²) in [6.07, 6.45) is 5.32. The number of hydrogen-bond acceptors (Lipinski definition) is 7. The van der Waals surface area contributed by atoms with Crippen LogP contribution in [0.4, 0.5) is 8.78 Å². The summed E-state index contributed by atoms with van der Waals surface area (Å²) in [5.41, 5.74) is 1.42. The van der Waals surface area contributed by atoms with Gasteiger partial charge in [0.05, 0.1) is 31.7 Å². The van der Waals surface area contributed by atoms with Crippen molar-refractivity contribution in [3.8, 4) is 22.9 Å². The van der Waals surface area contributed by atoms with Crippen molar-refractivity contribution in [2.24, 2.45) is 5.92 Å². The maximum Gasteiger partial charge on any atom is 0.335 e. The lowest BCUT2D eigenvalue weighted by Crippen LogP contribution is -2.08. The van der Waals surface area contributed by atoms with Gasteiger partial charge in [-0.25, -0.2) is 4.98 Å². The van der Waals surface area contributed by atoms with Gasteiger partial charge >= 0.3 is 6.55 Å². The summed E-state index contributed by atoms with van der Waals surface area (Å²) in [5, 5.41) is 6.98. The summed E-state index contributed by atoms with van der Waals surface area (Å²) >= 11 is 0. The molecule has 0 N–H and O–H groups in total. The van der Waals surface area contributed by atoms with E-state index in [0.29, 0.717) is 34.3 Å². The maximum absolute atomic E-state index is 13.1. The van der Waals surface area contributed by atoms with Gasteiger partial charge in [0, 0.05) is 23.7 Å². The van der Waals surface area contributed by atoms with E-state index in [4.69, 9.17) is 9.47 Å². The Balaban J connectivity index is 1.48. The topological polar surface area (TPSA) is 87.8 Å². The molecule has 0 aromatic carbocycles. The molecule has 4 rings (SSSR count). The number of rotatable bonds is 7. The van der Waals surface area contributed by atoms with Gasteiger partial charge in [0.2, 0.25) is 5.88 Å².